The van der Waals surface area contributed by atoms with Gasteiger partial charge in [-0.1, -0.05) is 19.1 Å². The number of Topliss-reactive ketones (excluding diaryl/α,β-unsaturated/α-hetero) is 1. The van der Waals surface area contributed by atoms with Gasteiger partial charge in [-0.15, -0.1) is 0 Å². The maximum Gasteiger partial charge on any atom is 0.240 e. The molecule has 0 bridgehead atoms. The van der Waals surface area contributed by atoms with Crippen molar-refractivity contribution in [2.75, 3.05) is 13.1 Å². The largest absolute Gasteiger partial charge is 0.315 e. The monoisotopic (exact) mass is 296 g/mol. The lowest BCUT2D eigenvalue weighted by Gasteiger charge is -2.23. The molecule has 0 radical (unpaired) electrons. The fourth-order valence-corrected chi connectivity index (χ4v) is 3.60. The Labute approximate surface area is 119 Å². The third-order valence-corrected chi connectivity index (χ3v) is 4.92. The molecule has 5 nitrogen and oxygen atoms in total. The molecule has 1 atom stereocenters. The van der Waals surface area contributed by atoms with Crippen molar-refractivity contribution < 1.29 is 13.2 Å². The van der Waals surface area contributed by atoms with Crippen LogP contribution < -0.4 is 10.0 Å². The fourth-order valence-electron chi connectivity index (χ4n) is 2.28. The molecule has 0 spiro atoms. The molecule has 1 unspecified atom stereocenters. The summed E-state index contributed by atoms with van der Waals surface area (Å²) in [6.07, 6.45) is 2.16. The summed E-state index contributed by atoms with van der Waals surface area (Å²) in [6.45, 7) is 3.33. The highest BCUT2D eigenvalue weighted by Crippen LogP contribution is 2.14. The van der Waals surface area contributed by atoms with E-state index in [0.717, 1.165) is 19.4 Å². The zero-order valence-electron chi connectivity index (χ0n) is 11.6. The number of carbonyl (C=O) groups is 1. The number of piperidine rings is 1. The predicted molar refractivity (Wildman–Crippen MR) is 77.3 cm³/mol. The second kappa shape index (κ2) is 6.47. The molecule has 1 aromatic carbocycles. The number of ketones is 1. The highest BCUT2D eigenvalue weighted by Gasteiger charge is 2.22. The molecule has 1 heterocycles. The van der Waals surface area contributed by atoms with Gasteiger partial charge in [0, 0.05) is 24.6 Å². The Morgan fingerprint density at radius 2 is 2.25 bits per heavy atom. The van der Waals surface area contributed by atoms with Gasteiger partial charge in [0.25, 0.3) is 0 Å². The maximum atomic E-state index is 12.3. The van der Waals surface area contributed by atoms with Crippen molar-refractivity contribution in [1.82, 2.24) is 10.0 Å². The van der Waals surface area contributed by atoms with Crippen LogP contribution >= 0.6 is 0 Å². The second-order valence-electron chi connectivity index (χ2n) is 4.97. The summed E-state index contributed by atoms with van der Waals surface area (Å²) in [6, 6.07) is 6.14. The first-order valence-corrected chi connectivity index (χ1v) is 8.37. The molecule has 0 aliphatic carbocycles. The lowest BCUT2D eigenvalue weighted by molar-refractivity contribution is 0.0988. The van der Waals surface area contributed by atoms with E-state index in [0.29, 0.717) is 18.5 Å². The fraction of sp³-hybridized carbons (Fsp3) is 0.500. The highest BCUT2D eigenvalue weighted by atomic mass is 32.2. The van der Waals surface area contributed by atoms with Crippen molar-refractivity contribution >= 4 is 15.8 Å². The molecule has 1 aromatic rings. The Morgan fingerprint density at radius 1 is 1.45 bits per heavy atom. The number of nitrogens with one attached hydrogen (secondary N) is 2. The standard InChI is InChI=1S/C14H20N2O3S/c1-2-14(17)11-5-3-7-13(9-11)20(18,19)16-12-6-4-8-15-10-12/h3,5,7,9,12,15-16H,2,4,6,8,10H2,1H3. The number of benzene rings is 1. The molecule has 6 heteroatoms. The minimum Gasteiger partial charge on any atom is -0.315 e. The summed E-state index contributed by atoms with van der Waals surface area (Å²) >= 11 is 0. The average molecular weight is 296 g/mol. The number of rotatable bonds is 5. The Bertz CT molecular complexity index is 578. The minimum atomic E-state index is -3.57. The van der Waals surface area contributed by atoms with Gasteiger partial charge in [-0.3, -0.25) is 4.79 Å². The SMILES string of the molecule is CCC(=O)c1cccc(S(=O)(=O)NC2CCCNC2)c1. The van der Waals surface area contributed by atoms with Gasteiger partial charge in [-0.25, -0.2) is 13.1 Å². The molecule has 1 aliphatic rings. The van der Waals surface area contributed by atoms with Crippen molar-refractivity contribution in [3.8, 4) is 0 Å². The van der Waals surface area contributed by atoms with E-state index in [9.17, 15) is 13.2 Å². The minimum absolute atomic E-state index is 0.0543. The first-order valence-electron chi connectivity index (χ1n) is 6.89. The molecule has 0 amide bonds. The molecule has 1 aliphatic heterocycles. The normalized spacial score (nSPS) is 19.8. The number of hydrogen-bond acceptors (Lipinski definition) is 4. The van der Waals surface area contributed by atoms with Gasteiger partial charge in [-0.2, -0.15) is 0 Å². The second-order valence-corrected chi connectivity index (χ2v) is 6.68. The molecule has 0 saturated carbocycles. The molecular weight excluding hydrogens is 276 g/mol. The average Bonchev–Trinajstić information content (AvgIpc) is 2.47. The third kappa shape index (κ3) is 3.65. The van der Waals surface area contributed by atoms with Gasteiger partial charge in [-0.05, 0) is 31.5 Å². The highest BCUT2D eigenvalue weighted by molar-refractivity contribution is 7.89. The zero-order valence-corrected chi connectivity index (χ0v) is 12.4. The molecule has 110 valence electrons. The van der Waals surface area contributed by atoms with Crippen LogP contribution in [0, 0.1) is 0 Å². The lowest BCUT2D eigenvalue weighted by atomic mass is 10.1. The molecule has 0 aromatic heterocycles. The zero-order chi connectivity index (χ0) is 14.6. The maximum absolute atomic E-state index is 12.3. The third-order valence-electron chi connectivity index (χ3n) is 3.41. The van der Waals surface area contributed by atoms with Crippen molar-refractivity contribution in [3.05, 3.63) is 29.8 Å². The summed E-state index contributed by atoms with van der Waals surface area (Å²) in [5, 5.41) is 3.17. The van der Waals surface area contributed by atoms with Gasteiger partial charge in [0.15, 0.2) is 5.78 Å². The molecule has 2 N–H and O–H groups in total. The molecule has 1 fully saturated rings. The van der Waals surface area contributed by atoms with Crippen LogP contribution in [0.3, 0.4) is 0 Å². The van der Waals surface area contributed by atoms with Crippen LogP contribution in [0.1, 0.15) is 36.5 Å². The van der Waals surface area contributed by atoms with Crippen LogP contribution in [0.25, 0.3) is 0 Å². The smallest absolute Gasteiger partial charge is 0.240 e. The van der Waals surface area contributed by atoms with E-state index >= 15 is 0 Å². The van der Waals surface area contributed by atoms with Crippen LogP contribution in [0.4, 0.5) is 0 Å². The van der Waals surface area contributed by atoms with Crippen LogP contribution in [0.2, 0.25) is 0 Å². The van der Waals surface area contributed by atoms with Crippen molar-refractivity contribution in [2.45, 2.75) is 37.1 Å². The van der Waals surface area contributed by atoms with E-state index in [1.807, 2.05) is 0 Å². The van der Waals surface area contributed by atoms with Crippen LogP contribution in [-0.2, 0) is 10.0 Å². The van der Waals surface area contributed by atoms with Crippen LogP contribution in [-0.4, -0.2) is 33.3 Å². The summed E-state index contributed by atoms with van der Waals surface area (Å²) < 4.78 is 27.3. The van der Waals surface area contributed by atoms with E-state index in [2.05, 4.69) is 10.0 Å². The summed E-state index contributed by atoms with van der Waals surface area (Å²) in [4.78, 5) is 11.8. The van der Waals surface area contributed by atoms with Gasteiger partial charge in [0.2, 0.25) is 10.0 Å². The Balaban J connectivity index is 2.18. The van der Waals surface area contributed by atoms with Gasteiger partial charge < -0.3 is 5.32 Å². The quantitative estimate of drug-likeness (QED) is 0.803. The lowest BCUT2D eigenvalue weighted by Crippen LogP contribution is -2.45. The summed E-state index contributed by atoms with van der Waals surface area (Å²) in [5.41, 5.74) is 0.442. The summed E-state index contributed by atoms with van der Waals surface area (Å²) in [7, 11) is -3.57. The molecular formula is C14H20N2O3S. The summed E-state index contributed by atoms with van der Waals surface area (Å²) in [5.74, 6) is -0.0543. The van der Waals surface area contributed by atoms with Crippen LogP contribution in [0.15, 0.2) is 29.2 Å². The van der Waals surface area contributed by atoms with Crippen molar-refractivity contribution in [1.29, 1.82) is 0 Å². The van der Waals surface area contributed by atoms with Gasteiger partial charge >= 0.3 is 0 Å². The first kappa shape index (κ1) is 15.2. The Morgan fingerprint density at radius 3 is 2.90 bits per heavy atom. The topological polar surface area (TPSA) is 75.3 Å². The molecule has 20 heavy (non-hydrogen) atoms. The Hall–Kier alpha value is -1.24. The number of carbonyl (C=O) groups excluding carboxylic acids is 1. The molecule has 2 rings (SSSR count). The number of sulfonamides is 1. The van der Waals surface area contributed by atoms with Crippen LogP contribution in [0.5, 0.6) is 0 Å². The predicted octanol–water partition coefficient (Wildman–Crippen LogP) is 1.31. The van der Waals surface area contributed by atoms with E-state index in [-0.39, 0.29) is 16.7 Å². The van der Waals surface area contributed by atoms with E-state index < -0.39 is 10.0 Å². The Kier molecular flexibility index (Phi) is 4.91. The van der Waals surface area contributed by atoms with Crippen molar-refractivity contribution in [3.63, 3.8) is 0 Å². The van der Waals surface area contributed by atoms with E-state index in [1.54, 1.807) is 19.1 Å². The number of hydrogen-bond donors (Lipinski definition) is 2. The molecule has 1 saturated heterocycles. The van der Waals surface area contributed by atoms with Gasteiger partial charge in [0.05, 0.1) is 4.90 Å². The van der Waals surface area contributed by atoms with Gasteiger partial charge in [0.1, 0.15) is 0 Å². The van der Waals surface area contributed by atoms with E-state index in [1.165, 1.54) is 12.1 Å². The van der Waals surface area contributed by atoms with Crippen molar-refractivity contribution in [2.24, 2.45) is 0 Å². The first-order chi connectivity index (χ1) is 9.53. The van der Waals surface area contributed by atoms with E-state index in [4.69, 9.17) is 0 Å².